The van der Waals surface area contributed by atoms with Crippen LogP contribution in [0.5, 0.6) is 11.5 Å². The summed E-state index contributed by atoms with van der Waals surface area (Å²) in [5.41, 5.74) is 0.930. The van der Waals surface area contributed by atoms with Gasteiger partial charge in [-0.05, 0) is 35.9 Å². The molecule has 0 aliphatic heterocycles. The molecule has 2 aromatic carbocycles. The molecule has 0 saturated heterocycles. The number of alkyl halides is 1. The van der Waals surface area contributed by atoms with E-state index in [1.807, 2.05) is 54.6 Å². The van der Waals surface area contributed by atoms with Gasteiger partial charge in [0.2, 0.25) is 0 Å². The Labute approximate surface area is 117 Å². The van der Waals surface area contributed by atoms with E-state index >= 15 is 0 Å². The first-order valence-electron chi connectivity index (χ1n) is 5.88. The molecular formula is C16H13ClO2. The zero-order valence-corrected chi connectivity index (χ0v) is 11.0. The molecule has 0 atom stereocenters. The third kappa shape index (κ3) is 4.27. The Balaban J connectivity index is 2.03. The van der Waals surface area contributed by atoms with Gasteiger partial charge in [0.25, 0.3) is 0 Å². The minimum atomic E-state index is -0.105. The summed E-state index contributed by atoms with van der Waals surface area (Å²) in [4.78, 5) is 11.0. The highest BCUT2D eigenvalue weighted by atomic mass is 35.5. The monoisotopic (exact) mass is 272 g/mol. The van der Waals surface area contributed by atoms with Gasteiger partial charge < -0.3 is 4.74 Å². The Kier molecular flexibility index (Phi) is 4.76. The van der Waals surface area contributed by atoms with Crippen molar-refractivity contribution in [3.05, 3.63) is 66.2 Å². The van der Waals surface area contributed by atoms with Crippen LogP contribution in [-0.2, 0) is 4.79 Å². The van der Waals surface area contributed by atoms with Gasteiger partial charge in [-0.25, -0.2) is 0 Å². The van der Waals surface area contributed by atoms with Gasteiger partial charge in [-0.2, -0.15) is 0 Å². The highest BCUT2D eigenvalue weighted by molar-refractivity contribution is 6.29. The molecule has 0 N–H and O–H groups in total. The number of carbonyl (C=O) groups is 1. The molecule has 0 saturated carbocycles. The minimum absolute atomic E-state index is 0.00566. The van der Waals surface area contributed by atoms with Crippen molar-refractivity contribution in [3.63, 3.8) is 0 Å². The number of carbonyl (C=O) groups excluding carboxylic acids is 1. The van der Waals surface area contributed by atoms with Crippen molar-refractivity contribution >= 4 is 23.5 Å². The second kappa shape index (κ2) is 6.76. The highest BCUT2D eigenvalue weighted by Crippen LogP contribution is 2.21. The molecule has 0 bridgehead atoms. The van der Waals surface area contributed by atoms with Crippen LogP contribution in [0.15, 0.2) is 60.7 Å². The maximum Gasteiger partial charge on any atom is 0.170 e. The van der Waals surface area contributed by atoms with Crippen LogP contribution in [0.3, 0.4) is 0 Å². The number of ketones is 1. The molecule has 0 radical (unpaired) electrons. The van der Waals surface area contributed by atoms with Crippen LogP contribution in [0.25, 0.3) is 6.08 Å². The van der Waals surface area contributed by atoms with Crippen molar-refractivity contribution in [2.24, 2.45) is 0 Å². The molecular weight excluding hydrogens is 260 g/mol. The minimum Gasteiger partial charge on any atom is -0.457 e. The fraction of sp³-hybridized carbons (Fsp3) is 0.0625. The fourth-order valence-electron chi connectivity index (χ4n) is 1.51. The first kappa shape index (κ1) is 13.4. The molecule has 19 heavy (non-hydrogen) atoms. The SMILES string of the molecule is O=C(C=Cc1ccc(Oc2ccccc2)cc1)CCl. The molecule has 2 rings (SSSR count). The van der Waals surface area contributed by atoms with Crippen molar-refractivity contribution < 1.29 is 9.53 Å². The summed E-state index contributed by atoms with van der Waals surface area (Å²) in [6, 6.07) is 17.1. The van der Waals surface area contributed by atoms with E-state index in [-0.39, 0.29) is 11.7 Å². The summed E-state index contributed by atoms with van der Waals surface area (Å²) in [6.45, 7) is 0. The van der Waals surface area contributed by atoms with E-state index in [1.54, 1.807) is 6.08 Å². The molecule has 2 aromatic rings. The van der Waals surface area contributed by atoms with Crippen LogP contribution < -0.4 is 4.74 Å². The Hall–Kier alpha value is -2.06. The largest absolute Gasteiger partial charge is 0.457 e. The molecule has 0 spiro atoms. The summed E-state index contributed by atoms with van der Waals surface area (Å²) in [6.07, 6.45) is 3.21. The van der Waals surface area contributed by atoms with Crippen LogP contribution >= 0.6 is 11.6 Å². The maximum absolute atomic E-state index is 11.0. The standard InChI is InChI=1S/C16H13ClO2/c17-12-14(18)9-6-13-7-10-16(11-8-13)19-15-4-2-1-3-5-15/h1-11H,12H2. The number of hydrogen-bond donors (Lipinski definition) is 0. The van der Waals surface area contributed by atoms with Crippen LogP contribution in [-0.4, -0.2) is 11.7 Å². The fourth-order valence-corrected chi connectivity index (χ4v) is 1.59. The number of allylic oxidation sites excluding steroid dienone is 1. The molecule has 96 valence electrons. The molecule has 0 aliphatic carbocycles. The number of halogens is 1. The van der Waals surface area contributed by atoms with Crippen molar-refractivity contribution in [1.82, 2.24) is 0 Å². The predicted octanol–water partition coefficient (Wildman–Crippen LogP) is 4.30. The Morgan fingerprint density at radius 3 is 2.26 bits per heavy atom. The van der Waals surface area contributed by atoms with Crippen LogP contribution in [0.2, 0.25) is 0 Å². The lowest BCUT2D eigenvalue weighted by atomic mass is 10.2. The number of para-hydroxylation sites is 1. The molecule has 0 aromatic heterocycles. The van der Waals surface area contributed by atoms with E-state index in [2.05, 4.69) is 0 Å². The molecule has 3 heteroatoms. The summed E-state index contributed by atoms with van der Waals surface area (Å²) in [7, 11) is 0. The maximum atomic E-state index is 11.0. The van der Waals surface area contributed by atoms with Gasteiger partial charge in [0.15, 0.2) is 5.78 Å². The lowest BCUT2D eigenvalue weighted by Crippen LogP contribution is -1.91. The zero-order chi connectivity index (χ0) is 13.5. The molecule has 2 nitrogen and oxygen atoms in total. The summed E-state index contributed by atoms with van der Waals surface area (Å²) in [5.74, 6) is 1.45. The van der Waals surface area contributed by atoms with Gasteiger partial charge in [0.05, 0.1) is 5.88 Å². The van der Waals surface area contributed by atoms with Crippen LogP contribution in [0.1, 0.15) is 5.56 Å². The second-order valence-corrected chi connectivity index (χ2v) is 4.18. The van der Waals surface area contributed by atoms with Crippen molar-refractivity contribution in [2.75, 3.05) is 5.88 Å². The summed E-state index contributed by atoms with van der Waals surface area (Å²) < 4.78 is 5.67. The van der Waals surface area contributed by atoms with Crippen molar-refractivity contribution in [2.45, 2.75) is 0 Å². The smallest absolute Gasteiger partial charge is 0.170 e. The van der Waals surface area contributed by atoms with E-state index in [0.29, 0.717) is 0 Å². The molecule has 0 unspecified atom stereocenters. The first-order valence-corrected chi connectivity index (χ1v) is 6.41. The lowest BCUT2D eigenvalue weighted by Gasteiger charge is -2.05. The van der Waals surface area contributed by atoms with Gasteiger partial charge in [-0.15, -0.1) is 11.6 Å². The van der Waals surface area contributed by atoms with Gasteiger partial charge in [0, 0.05) is 0 Å². The number of benzene rings is 2. The highest BCUT2D eigenvalue weighted by Gasteiger charge is 1.96. The van der Waals surface area contributed by atoms with Gasteiger partial charge in [0.1, 0.15) is 11.5 Å². The number of hydrogen-bond acceptors (Lipinski definition) is 2. The third-order valence-corrected chi connectivity index (χ3v) is 2.72. The van der Waals surface area contributed by atoms with E-state index in [9.17, 15) is 4.79 Å². The Morgan fingerprint density at radius 1 is 1.00 bits per heavy atom. The summed E-state index contributed by atoms with van der Waals surface area (Å²) in [5, 5.41) is 0. The second-order valence-electron chi connectivity index (χ2n) is 3.92. The van der Waals surface area contributed by atoms with Gasteiger partial charge in [-0.1, -0.05) is 36.4 Å². The Morgan fingerprint density at radius 2 is 1.63 bits per heavy atom. The average molecular weight is 273 g/mol. The predicted molar refractivity (Wildman–Crippen MR) is 77.7 cm³/mol. The molecule has 0 heterocycles. The topological polar surface area (TPSA) is 26.3 Å². The van der Waals surface area contributed by atoms with E-state index in [0.717, 1.165) is 17.1 Å². The average Bonchev–Trinajstić information content (AvgIpc) is 2.47. The molecule has 0 fully saturated rings. The summed E-state index contributed by atoms with van der Waals surface area (Å²) >= 11 is 5.41. The number of rotatable bonds is 5. The van der Waals surface area contributed by atoms with Crippen LogP contribution in [0.4, 0.5) is 0 Å². The first-order chi connectivity index (χ1) is 9.28. The number of ether oxygens (including phenoxy) is 1. The molecule has 0 aliphatic rings. The molecule has 0 amide bonds. The van der Waals surface area contributed by atoms with Crippen LogP contribution in [0, 0.1) is 0 Å². The quantitative estimate of drug-likeness (QED) is 0.599. The van der Waals surface area contributed by atoms with Crippen molar-refractivity contribution in [1.29, 1.82) is 0 Å². The Bertz CT molecular complexity index is 559. The van der Waals surface area contributed by atoms with E-state index in [4.69, 9.17) is 16.3 Å². The normalized spacial score (nSPS) is 10.6. The lowest BCUT2D eigenvalue weighted by molar-refractivity contribution is -0.112. The van der Waals surface area contributed by atoms with E-state index in [1.165, 1.54) is 6.08 Å². The van der Waals surface area contributed by atoms with Gasteiger partial charge in [-0.3, -0.25) is 4.79 Å². The van der Waals surface area contributed by atoms with Gasteiger partial charge >= 0.3 is 0 Å². The zero-order valence-electron chi connectivity index (χ0n) is 10.3. The van der Waals surface area contributed by atoms with Crippen molar-refractivity contribution in [3.8, 4) is 11.5 Å². The van der Waals surface area contributed by atoms with E-state index < -0.39 is 0 Å². The third-order valence-electron chi connectivity index (χ3n) is 2.45.